The van der Waals surface area contributed by atoms with Crippen molar-refractivity contribution in [1.29, 1.82) is 0 Å². The number of nitrogens with two attached hydrogens (primary N) is 1. The minimum Gasteiger partial charge on any atom is -0.382 e. The van der Waals surface area contributed by atoms with Crippen molar-refractivity contribution in [3.05, 3.63) is 34.9 Å². The molecule has 0 aliphatic rings. The van der Waals surface area contributed by atoms with Crippen molar-refractivity contribution in [3.8, 4) is 0 Å². The summed E-state index contributed by atoms with van der Waals surface area (Å²) in [6, 6.07) is 7.57. The summed E-state index contributed by atoms with van der Waals surface area (Å²) in [5.74, 6) is 0.403. The standard InChI is InChI=1S/C15H24ClN3O2/c1-3-21-10-6-9-18-15(17)19-11-14(20-2)12-7-4-5-8-13(12)16/h4-5,7-8,14H,3,6,9-11H2,1-2H3,(H3,17,18,19). The molecule has 0 amide bonds. The first kappa shape index (κ1) is 17.8. The van der Waals surface area contributed by atoms with E-state index in [9.17, 15) is 0 Å². The summed E-state index contributed by atoms with van der Waals surface area (Å²) >= 11 is 6.16. The number of aliphatic imine (C=N–C) groups is 1. The highest BCUT2D eigenvalue weighted by Crippen LogP contribution is 2.24. The number of hydrogen-bond donors (Lipinski definition) is 2. The highest BCUT2D eigenvalue weighted by molar-refractivity contribution is 6.31. The summed E-state index contributed by atoms with van der Waals surface area (Å²) in [6.45, 7) is 4.58. The molecule has 5 nitrogen and oxygen atoms in total. The molecule has 118 valence electrons. The third-order valence-corrected chi connectivity index (χ3v) is 3.28. The Bertz CT molecular complexity index is 441. The summed E-state index contributed by atoms with van der Waals surface area (Å²) < 4.78 is 10.7. The van der Waals surface area contributed by atoms with Crippen molar-refractivity contribution in [1.82, 2.24) is 5.32 Å². The maximum Gasteiger partial charge on any atom is 0.188 e. The van der Waals surface area contributed by atoms with Crippen molar-refractivity contribution < 1.29 is 9.47 Å². The second-order valence-electron chi connectivity index (χ2n) is 4.45. The maximum absolute atomic E-state index is 6.16. The second-order valence-corrected chi connectivity index (χ2v) is 4.86. The van der Waals surface area contributed by atoms with Gasteiger partial charge in [0, 0.05) is 37.5 Å². The second kappa shape index (κ2) is 10.4. The molecule has 0 fully saturated rings. The van der Waals surface area contributed by atoms with Gasteiger partial charge in [-0.1, -0.05) is 29.8 Å². The third-order valence-electron chi connectivity index (χ3n) is 2.94. The predicted octanol–water partition coefficient (Wildman–Crippen LogP) is 2.36. The molecular formula is C15H24ClN3O2. The third kappa shape index (κ3) is 6.80. The van der Waals surface area contributed by atoms with Gasteiger partial charge in [-0.05, 0) is 19.4 Å². The van der Waals surface area contributed by atoms with E-state index in [0.717, 1.165) is 31.7 Å². The summed E-state index contributed by atoms with van der Waals surface area (Å²) in [5, 5.41) is 3.72. The lowest BCUT2D eigenvalue weighted by atomic mass is 10.1. The number of methoxy groups -OCH3 is 1. The molecule has 0 saturated carbocycles. The van der Waals surface area contributed by atoms with Crippen LogP contribution in [0.25, 0.3) is 0 Å². The van der Waals surface area contributed by atoms with Gasteiger partial charge in [0.25, 0.3) is 0 Å². The molecule has 0 aromatic heterocycles. The molecule has 3 N–H and O–H groups in total. The Morgan fingerprint density at radius 2 is 2.19 bits per heavy atom. The SMILES string of the molecule is CCOCCCNC(N)=NCC(OC)c1ccccc1Cl. The largest absolute Gasteiger partial charge is 0.382 e. The van der Waals surface area contributed by atoms with Crippen molar-refractivity contribution in [2.24, 2.45) is 10.7 Å². The first-order valence-electron chi connectivity index (χ1n) is 7.07. The minimum absolute atomic E-state index is 0.206. The number of ether oxygens (including phenoxy) is 2. The molecule has 1 atom stereocenters. The number of guanidine groups is 1. The Morgan fingerprint density at radius 3 is 2.86 bits per heavy atom. The maximum atomic E-state index is 6.16. The zero-order chi connectivity index (χ0) is 15.5. The van der Waals surface area contributed by atoms with E-state index in [2.05, 4.69) is 10.3 Å². The molecular weight excluding hydrogens is 290 g/mol. The van der Waals surface area contributed by atoms with Gasteiger partial charge in [0.2, 0.25) is 0 Å². The van der Waals surface area contributed by atoms with Gasteiger partial charge in [-0.3, -0.25) is 4.99 Å². The Labute approximate surface area is 131 Å². The van der Waals surface area contributed by atoms with Crippen LogP contribution >= 0.6 is 11.6 Å². The van der Waals surface area contributed by atoms with Crippen LogP contribution in [0.3, 0.4) is 0 Å². The highest BCUT2D eigenvalue weighted by atomic mass is 35.5. The van der Waals surface area contributed by atoms with Crippen LogP contribution in [0.15, 0.2) is 29.3 Å². The molecule has 1 unspecified atom stereocenters. The van der Waals surface area contributed by atoms with Gasteiger partial charge in [-0.2, -0.15) is 0 Å². The molecule has 0 saturated heterocycles. The summed E-state index contributed by atoms with van der Waals surface area (Å²) in [5.41, 5.74) is 6.73. The van der Waals surface area contributed by atoms with Crippen LogP contribution in [0.1, 0.15) is 25.0 Å². The van der Waals surface area contributed by atoms with Crippen molar-refractivity contribution in [3.63, 3.8) is 0 Å². The van der Waals surface area contributed by atoms with Gasteiger partial charge in [-0.15, -0.1) is 0 Å². The lowest BCUT2D eigenvalue weighted by Crippen LogP contribution is -2.33. The van der Waals surface area contributed by atoms with Crippen LogP contribution in [0, 0.1) is 0 Å². The van der Waals surface area contributed by atoms with E-state index in [-0.39, 0.29) is 6.10 Å². The summed E-state index contributed by atoms with van der Waals surface area (Å²) in [7, 11) is 1.63. The van der Waals surface area contributed by atoms with Gasteiger partial charge in [-0.25, -0.2) is 0 Å². The molecule has 0 aliphatic carbocycles. The number of rotatable bonds is 9. The quantitative estimate of drug-likeness (QED) is 0.417. The number of halogens is 1. The van der Waals surface area contributed by atoms with Gasteiger partial charge in [0.15, 0.2) is 5.96 Å². The monoisotopic (exact) mass is 313 g/mol. The number of nitrogens with zero attached hydrogens (tertiary/aromatic N) is 1. The Kier molecular flexibility index (Phi) is 8.82. The van der Waals surface area contributed by atoms with Crippen LogP contribution in [-0.2, 0) is 9.47 Å². The average molecular weight is 314 g/mol. The van der Waals surface area contributed by atoms with E-state index in [1.807, 2.05) is 31.2 Å². The molecule has 0 aliphatic heterocycles. The van der Waals surface area contributed by atoms with E-state index in [1.54, 1.807) is 7.11 Å². The Hall–Kier alpha value is -1.30. The molecule has 1 rings (SSSR count). The summed E-state index contributed by atoms with van der Waals surface area (Å²) in [6.07, 6.45) is 0.685. The molecule has 1 aromatic carbocycles. The first-order chi connectivity index (χ1) is 10.2. The number of hydrogen-bond acceptors (Lipinski definition) is 3. The first-order valence-corrected chi connectivity index (χ1v) is 7.45. The number of nitrogens with one attached hydrogen (secondary N) is 1. The Balaban J connectivity index is 2.43. The minimum atomic E-state index is -0.206. The van der Waals surface area contributed by atoms with E-state index < -0.39 is 0 Å². The molecule has 0 bridgehead atoms. The van der Waals surface area contributed by atoms with Crippen LogP contribution in [0.5, 0.6) is 0 Å². The zero-order valence-corrected chi connectivity index (χ0v) is 13.4. The zero-order valence-electron chi connectivity index (χ0n) is 12.6. The van der Waals surface area contributed by atoms with Crippen LogP contribution < -0.4 is 11.1 Å². The van der Waals surface area contributed by atoms with Crippen LogP contribution in [0.4, 0.5) is 0 Å². The molecule has 0 heterocycles. The van der Waals surface area contributed by atoms with Crippen LogP contribution in [0.2, 0.25) is 5.02 Å². The van der Waals surface area contributed by atoms with E-state index in [4.69, 9.17) is 26.8 Å². The van der Waals surface area contributed by atoms with Gasteiger partial charge in [0.05, 0.1) is 6.54 Å². The fourth-order valence-electron chi connectivity index (χ4n) is 1.81. The van der Waals surface area contributed by atoms with E-state index >= 15 is 0 Å². The average Bonchev–Trinajstić information content (AvgIpc) is 2.49. The molecule has 0 spiro atoms. The molecule has 21 heavy (non-hydrogen) atoms. The van der Waals surface area contributed by atoms with Crippen molar-refractivity contribution >= 4 is 17.6 Å². The predicted molar refractivity (Wildman–Crippen MR) is 86.8 cm³/mol. The molecule has 6 heteroatoms. The lowest BCUT2D eigenvalue weighted by Gasteiger charge is -2.15. The van der Waals surface area contributed by atoms with E-state index in [0.29, 0.717) is 17.5 Å². The van der Waals surface area contributed by atoms with E-state index in [1.165, 1.54) is 0 Å². The Morgan fingerprint density at radius 1 is 1.43 bits per heavy atom. The van der Waals surface area contributed by atoms with Gasteiger partial charge < -0.3 is 20.5 Å². The highest BCUT2D eigenvalue weighted by Gasteiger charge is 2.13. The van der Waals surface area contributed by atoms with Crippen molar-refractivity contribution in [2.45, 2.75) is 19.4 Å². The normalized spacial score (nSPS) is 13.2. The fourth-order valence-corrected chi connectivity index (χ4v) is 2.07. The number of benzene rings is 1. The molecule has 1 aromatic rings. The lowest BCUT2D eigenvalue weighted by molar-refractivity contribution is 0.111. The van der Waals surface area contributed by atoms with Crippen LogP contribution in [-0.4, -0.2) is 39.4 Å². The summed E-state index contributed by atoms with van der Waals surface area (Å²) in [4.78, 5) is 4.29. The topological polar surface area (TPSA) is 68.9 Å². The van der Waals surface area contributed by atoms with Crippen molar-refractivity contribution in [2.75, 3.05) is 33.4 Å². The fraction of sp³-hybridized carbons (Fsp3) is 0.533. The van der Waals surface area contributed by atoms with Gasteiger partial charge >= 0.3 is 0 Å². The molecule has 0 radical (unpaired) electrons. The smallest absolute Gasteiger partial charge is 0.188 e. The van der Waals surface area contributed by atoms with Gasteiger partial charge in [0.1, 0.15) is 6.10 Å².